The van der Waals surface area contributed by atoms with Gasteiger partial charge in [-0.3, -0.25) is 0 Å². The molecule has 2 heterocycles. The van der Waals surface area contributed by atoms with Crippen molar-refractivity contribution in [1.82, 2.24) is 20.0 Å². The lowest BCUT2D eigenvalue weighted by Crippen LogP contribution is -2.00. The molecule has 0 atom stereocenters. The van der Waals surface area contributed by atoms with Crippen LogP contribution in [-0.4, -0.2) is 27.1 Å². The molecule has 26 heavy (non-hydrogen) atoms. The largest absolute Gasteiger partial charge is 0.497 e. The van der Waals surface area contributed by atoms with E-state index in [0.29, 0.717) is 6.54 Å². The maximum absolute atomic E-state index is 5.94. The summed E-state index contributed by atoms with van der Waals surface area (Å²) in [4.78, 5) is 4.68. The SMILES string of the molecule is COc1ccc(-c2cn(Cc3csc(-c4ccc(Cl)cc4)n3)nn2)cc1. The van der Waals surface area contributed by atoms with Crippen LogP contribution in [0.5, 0.6) is 5.75 Å². The predicted octanol–water partition coefficient (Wildman–Crippen LogP) is 4.78. The summed E-state index contributed by atoms with van der Waals surface area (Å²) in [5.74, 6) is 0.818. The second kappa shape index (κ2) is 7.27. The molecule has 2 aromatic heterocycles. The van der Waals surface area contributed by atoms with Crippen LogP contribution < -0.4 is 4.74 Å². The highest BCUT2D eigenvalue weighted by molar-refractivity contribution is 7.13. The lowest BCUT2D eigenvalue weighted by Gasteiger charge is -2.00. The molecule has 4 aromatic rings. The normalized spacial score (nSPS) is 10.8. The second-order valence-electron chi connectivity index (χ2n) is 5.68. The Balaban J connectivity index is 1.49. The van der Waals surface area contributed by atoms with Crippen molar-refractivity contribution in [2.45, 2.75) is 6.54 Å². The van der Waals surface area contributed by atoms with Crippen molar-refractivity contribution in [3.05, 3.63) is 70.8 Å². The van der Waals surface area contributed by atoms with Gasteiger partial charge in [-0.15, -0.1) is 16.4 Å². The smallest absolute Gasteiger partial charge is 0.123 e. The zero-order valence-corrected chi connectivity index (χ0v) is 15.5. The minimum atomic E-state index is 0.577. The molecule has 0 aliphatic heterocycles. The minimum absolute atomic E-state index is 0.577. The predicted molar refractivity (Wildman–Crippen MR) is 104 cm³/mol. The fourth-order valence-electron chi connectivity index (χ4n) is 2.54. The molecule has 0 spiro atoms. The monoisotopic (exact) mass is 382 g/mol. The molecule has 0 amide bonds. The summed E-state index contributed by atoms with van der Waals surface area (Å²) < 4.78 is 6.97. The molecule has 130 valence electrons. The summed E-state index contributed by atoms with van der Waals surface area (Å²) in [6.07, 6.45) is 1.92. The van der Waals surface area contributed by atoms with Crippen LogP contribution in [-0.2, 0) is 6.54 Å². The molecule has 7 heteroatoms. The van der Waals surface area contributed by atoms with E-state index in [9.17, 15) is 0 Å². The van der Waals surface area contributed by atoms with Crippen LogP contribution in [0.1, 0.15) is 5.69 Å². The van der Waals surface area contributed by atoms with E-state index in [0.717, 1.165) is 38.3 Å². The summed E-state index contributed by atoms with van der Waals surface area (Å²) in [5.41, 5.74) is 3.83. The van der Waals surface area contributed by atoms with Crippen molar-refractivity contribution in [1.29, 1.82) is 0 Å². The minimum Gasteiger partial charge on any atom is -0.497 e. The Labute approximate surface area is 159 Å². The van der Waals surface area contributed by atoms with Crippen LogP contribution >= 0.6 is 22.9 Å². The van der Waals surface area contributed by atoms with Crippen LogP contribution in [0.2, 0.25) is 5.02 Å². The highest BCUT2D eigenvalue weighted by Crippen LogP contribution is 2.26. The third-order valence-electron chi connectivity index (χ3n) is 3.89. The standard InChI is InChI=1S/C19H15ClN4OS/c1-25-17-8-4-13(5-9-17)18-11-24(23-22-18)10-16-12-26-19(21-16)14-2-6-15(20)7-3-14/h2-9,11-12H,10H2,1H3. The molecule has 0 unspecified atom stereocenters. The van der Waals surface area contributed by atoms with E-state index >= 15 is 0 Å². The van der Waals surface area contributed by atoms with E-state index < -0.39 is 0 Å². The molecule has 2 aromatic carbocycles. The molecule has 0 saturated heterocycles. The van der Waals surface area contributed by atoms with Gasteiger partial charge in [0.25, 0.3) is 0 Å². The zero-order chi connectivity index (χ0) is 17.9. The number of thiazole rings is 1. The van der Waals surface area contributed by atoms with Gasteiger partial charge in [0, 0.05) is 21.5 Å². The second-order valence-corrected chi connectivity index (χ2v) is 6.98. The molecule has 0 aliphatic rings. The van der Waals surface area contributed by atoms with Crippen molar-refractivity contribution >= 4 is 22.9 Å². The Hall–Kier alpha value is -2.70. The molecular weight excluding hydrogens is 368 g/mol. The van der Waals surface area contributed by atoms with Crippen molar-refractivity contribution in [2.75, 3.05) is 7.11 Å². The van der Waals surface area contributed by atoms with Crippen LogP contribution in [0.25, 0.3) is 21.8 Å². The third-order valence-corrected chi connectivity index (χ3v) is 5.08. The third kappa shape index (κ3) is 3.61. The first-order valence-corrected chi connectivity index (χ1v) is 9.22. The number of hydrogen-bond donors (Lipinski definition) is 0. The number of nitrogens with zero attached hydrogens (tertiary/aromatic N) is 4. The number of benzene rings is 2. The summed E-state index contributed by atoms with van der Waals surface area (Å²) in [7, 11) is 1.65. The molecule has 0 fully saturated rings. The van der Waals surface area contributed by atoms with E-state index in [1.54, 1.807) is 23.1 Å². The molecule has 0 radical (unpaired) electrons. The Kier molecular flexibility index (Phi) is 4.69. The van der Waals surface area contributed by atoms with Gasteiger partial charge < -0.3 is 4.74 Å². The first kappa shape index (κ1) is 16.8. The van der Waals surface area contributed by atoms with Crippen molar-refractivity contribution < 1.29 is 4.74 Å². The Morgan fingerprint density at radius 3 is 2.50 bits per heavy atom. The van der Waals surface area contributed by atoms with Crippen LogP contribution in [0, 0.1) is 0 Å². The Morgan fingerprint density at radius 2 is 1.77 bits per heavy atom. The fourth-order valence-corrected chi connectivity index (χ4v) is 3.48. The molecule has 0 N–H and O–H groups in total. The summed E-state index contributed by atoms with van der Waals surface area (Å²) in [6.45, 7) is 0.577. The maximum atomic E-state index is 5.94. The molecule has 4 rings (SSSR count). The average molecular weight is 383 g/mol. The quantitative estimate of drug-likeness (QED) is 0.498. The fraction of sp³-hybridized carbons (Fsp3) is 0.105. The van der Waals surface area contributed by atoms with Gasteiger partial charge in [-0.05, 0) is 36.4 Å². The van der Waals surface area contributed by atoms with Crippen LogP contribution in [0.15, 0.2) is 60.1 Å². The van der Waals surface area contributed by atoms with Crippen LogP contribution in [0.4, 0.5) is 0 Å². The van der Waals surface area contributed by atoms with Gasteiger partial charge in [0.2, 0.25) is 0 Å². The van der Waals surface area contributed by atoms with E-state index in [-0.39, 0.29) is 0 Å². The molecule has 0 bridgehead atoms. The number of hydrogen-bond acceptors (Lipinski definition) is 5. The van der Waals surface area contributed by atoms with Gasteiger partial charge in [-0.25, -0.2) is 9.67 Å². The topological polar surface area (TPSA) is 52.8 Å². The van der Waals surface area contributed by atoms with Gasteiger partial charge in [0.05, 0.1) is 25.5 Å². The zero-order valence-electron chi connectivity index (χ0n) is 14.0. The van der Waals surface area contributed by atoms with Crippen molar-refractivity contribution in [3.8, 4) is 27.6 Å². The average Bonchev–Trinajstić information content (AvgIpc) is 3.33. The van der Waals surface area contributed by atoms with Crippen LogP contribution in [0.3, 0.4) is 0 Å². The number of aromatic nitrogens is 4. The van der Waals surface area contributed by atoms with Crippen molar-refractivity contribution in [2.24, 2.45) is 0 Å². The summed E-state index contributed by atoms with van der Waals surface area (Å²) in [5, 5.41) is 12.2. The number of halogens is 1. The van der Waals surface area contributed by atoms with Gasteiger partial charge in [-0.1, -0.05) is 28.9 Å². The Morgan fingerprint density at radius 1 is 1.04 bits per heavy atom. The molecule has 0 aliphatic carbocycles. The summed E-state index contributed by atoms with van der Waals surface area (Å²) >= 11 is 7.54. The van der Waals surface area contributed by atoms with E-state index in [2.05, 4.69) is 15.3 Å². The lowest BCUT2D eigenvalue weighted by molar-refractivity contribution is 0.415. The van der Waals surface area contributed by atoms with Gasteiger partial charge in [0.15, 0.2) is 0 Å². The summed E-state index contributed by atoms with van der Waals surface area (Å²) in [6, 6.07) is 15.4. The van der Waals surface area contributed by atoms with Gasteiger partial charge in [0.1, 0.15) is 16.5 Å². The number of ether oxygens (including phenoxy) is 1. The van der Waals surface area contributed by atoms with E-state index in [1.165, 1.54) is 0 Å². The first-order chi connectivity index (χ1) is 12.7. The van der Waals surface area contributed by atoms with Gasteiger partial charge in [-0.2, -0.15) is 0 Å². The van der Waals surface area contributed by atoms with Crippen molar-refractivity contribution in [3.63, 3.8) is 0 Å². The van der Waals surface area contributed by atoms with Gasteiger partial charge >= 0.3 is 0 Å². The highest BCUT2D eigenvalue weighted by atomic mass is 35.5. The van der Waals surface area contributed by atoms with E-state index in [1.807, 2.05) is 60.1 Å². The number of methoxy groups -OCH3 is 1. The highest BCUT2D eigenvalue weighted by Gasteiger charge is 2.08. The molecular formula is C19H15ClN4OS. The molecule has 5 nitrogen and oxygen atoms in total. The Bertz CT molecular complexity index is 1010. The van der Waals surface area contributed by atoms with E-state index in [4.69, 9.17) is 16.3 Å². The maximum Gasteiger partial charge on any atom is 0.123 e. The first-order valence-electron chi connectivity index (χ1n) is 7.96. The molecule has 0 saturated carbocycles. The number of rotatable bonds is 5. The lowest BCUT2D eigenvalue weighted by atomic mass is 10.2.